The lowest BCUT2D eigenvalue weighted by Gasteiger charge is -2.29. The minimum Gasteiger partial charge on any atom is -0.340 e. The molecule has 6 heteroatoms. The van der Waals surface area contributed by atoms with Crippen LogP contribution < -0.4 is 5.32 Å². The Morgan fingerprint density at radius 3 is 2.42 bits per heavy atom. The van der Waals surface area contributed by atoms with Crippen LogP contribution in [0.15, 0.2) is 54.1 Å². The van der Waals surface area contributed by atoms with Gasteiger partial charge in [0.05, 0.1) is 11.3 Å². The van der Waals surface area contributed by atoms with Gasteiger partial charge in [0.2, 0.25) is 0 Å². The van der Waals surface area contributed by atoms with E-state index in [2.05, 4.69) is 17.2 Å². The first-order valence-corrected chi connectivity index (χ1v) is 11.0. The topological polar surface area (TPSA) is 24.9 Å². The lowest BCUT2D eigenvalue weighted by atomic mass is 9.80. The van der Waals surface area contributed by atoms with Crippen LogP contribution in [0.2, 0.25) is 0 Å². The van der Waals surface area contributed by atoms with Crippen LogP contribution in [0.1, 0.15) is 60.4 Å². The Morgan fingerprint density at radius 2 is 1.73 bits per heavy atom. The van der Waals surface area contributed by atoms with E-state index in [9.17, 15) is 17.6 Å². The number of pyridine rings is 1. The van der Waals surface area contributed by atoms with E-state index in [1.807, 2.05) is 26.8 Å². The Balaban J connectivity index is 1.83. The average molecular weight is 455 g/mol. The van der Waals surface area contributed by atoms with Gasteiger partial charge in [-0.25, -0.2) is 9.37 Å². The predicted molar refractivity (Wildman–Crippen MR) is 124 cm³/mol. The number of nitrogens with zero attached hydrogens (tertiary/aromatic N) is 1. The first-order valence-electron chi connectivity index (χ1n) is 11.0. The van der Waals surface area contributed by atoms with E-state index in [-0.39, 0.29) is 17.1 Å². The largest absolute Gasteiger partial charge is 0.417 e. The number of halogens is 4. The average Bonchev–Trinajstić information content (AvgIpc) is 2.77. The third kappa shape index (κ3) is 4.39. The number of aromatic nitrogens is 1. The third-order valence-electron chi connectivity index (χ3n) is 6.48. The third-order valence-corrected chi connectivity index (χ3v) is 6.48. The molecule has 0 bridgehead atoms. The Hall–Kier alpha value is -3.15. The number of nitrogens with one attached hydrogen (secondary N) is 1. The zero-order valence-corrected chi connectivity index (χ0v) is 19.1. The van der Waals surface area contributed by atoms with Gasteiger partial charge >= 0.3 is 6.18 Å². The van der Waals surface area contributed by atoms with Crippen LogP contribution in [0.25, 0.3) is 17.0 Å². The number of allylic oxidation sites excluding steroid dienone is 1. The molecule has 2 aromatic carbocycles. The molecule has 1 aliphatic carbocycles. The quantitative estimate of drug-likeness (QED) is 0.401. The van der Waals surface area contributed by atoms with E-state index >= 15 is 0 Å². The zero-order valence-electron chi connectivity index (χ0n) is 19.1. The van der Waals surface area contributed by atoms with Gasteiger partial charge < -0.3 is 5.32 Å². The Labute approximate surface area is 191 Å². The number of benzene rings is 2. The summed E-state index contributed by atoms with van der Waals surface area (Å²) in [7, 11) is 0. The summed E-state index contributed by atoms with van der Waals surface area (Å²) in [4.78, 5) is 4.60. The Morgan fingerprint density at radius 1 is 1.00 bits per heavy atom. The van der Waals surface area contributed by atoms with Crippen LogP contribution in [0, 0.1) is 19.7 Å². The van der Waals surface area contributed by atoms with Gasteiger partial charge in [0.1, 0.15) is 11.6 Å². The molecular weight excluding hydrogens is 428 g/mol. The predicted octanol–water partition coefficient (Wildman–Crippen LogP) is 8.26. The molecule has 1 atom stereocenters. The van der Waals surface area contributed by atoms with E-state index in [1.54, 1.807) is 12.1 Å². The lowest BCUT2D eigenvalue weighted by Crippen LogP contribution is -2.16. The Bertz CT molecular complexity index is 1240. The lowest BCUT2D eigenvalue weighted by molar-refractivity contribution is -0.137. The van der Waals surface area contributed by atoms with E-state index in [0.717, 1.165) is 52.4 Å². The standard InChI is InChI=1S/C27H26F4N2/c1-5-18-12-16(3)25(22-14-19(28)10-11-20(18)22)33-26-17(4)15(2)13-24(32-26)21-8-6-7-9-23(21)27(29,30)31/h6-11,13-14,18H,5,12H2,1-4H3,(H,32,33). The summed E-state index contributed by atoms with van der Waals surface area (Å²) in [5.74, 6) is 0.444. The molecule has 0 spiro atoms. The second-order valence-corrected chi connectivity index (χ2v) is 8.66. The molecule has 3 aromatic rings. The molecule has 172 valence electrons. The van der Waals surface area contributed by atoms with E-state index < -0.39 is 11.7 Å². The van der Waals surface area contributed by atoms with Gasteiger partial charge in [-0.2, -0.15) is 13.2 Å². The number of hydrogen-bond donors (Lipinski definition) is 1. The maximum atomic E-state index is 14.2. The van der Waals surface area contributed by atoms with Gasteiger partial charge in [-0.05, 0) is 86.1 Å². The molecule has 1 aromatic heterocycles. The molecule has 1 aliphatic rings. The summed E-state index contributed by atoms with van der Waals surface area (Å²) in [6, 6.07) is 11.9. The first-order chi connectivity index (χ1) is 15.6. The number of hydrogen-bond acceptors (Lipinski definition) is 2. The molecule has 0 fully saturated rings. The van der Waals surface area contributed by atoms with Gasteiger partial charge in [-0.15, -0.1) is 0 Å². The summed E-state index contributed by atoms with van der Waals surface area (Å²) < 4.78 is 55.1. The highest BCUT2D eigenvalue weighted by atomic mass is 19.4. The number of anilines is 1. The number of fused-ring (bicyclic) bond motifs is 1. The highest BCUT2D eigenvalue weighted by molar-refractivity contribution is 5.83. The summed E-state index contributed by atoms with van der Waals surface area (Å²) in [5.41, 5.74) is 4.89. The molecular formula is C27H26F4N2. The highest BCUT2D eigenvalue weighted by Crippen LogP contribution is 2.42. The maximum absolute atomic E-state index is 14.2. The highest BCUT2D eigenvalue weighted by Gasteiger charge is 2.34. The van der Waals surface area contributed by atoms with E-state index in [0.29, 0.717) is 11.7 Å². The maximum Gasteiger partial charge on any atom is 0.417 e. The van der Waals surface area contributed by atoms with Gasteiger partial charge in [0, 0.05) is 16.8 Å². The van der Waals surface area contributed by atoms with Crippen LogP contribution in [-0.2, 0) is 6.18 Å². The molecule has 0 saturated carbocycles. The van der Waals surface area contributed by atoms with Crippen molar-refractivity contribution in [3.8, 4) is 11.3 Å². The van der Waals surface area contributed by atoms with E-state index in [4.69, 9.17) is 0 Å². The van der Waals surface area contributed by atoms with Crippen molar-refractivity contribution >= 4 is 11.5 Å². The van der Waals surface area contributed by atoms with Crippen molar-refractivity contribution in [3.63, 3.8) is 0 Å². The monoisotopic (exact) mass is 454 g/mol. The first kappa shape index (κ1) is 23.0. The van der Waals surface area contributed by atoms with Crippen molar-refractivity contribution in [1.82, 2.24) is 4.98 Å². The summed E-state index contributed by atoms with van der Waals surface area (Å²) in [6.07, 6.45) is -2.73. The van der Waals surface area contributed by atoms with Gasteiger partial charge in [0.15, 0.2) is 0 Å². The van der Waals surface area contributed by atoms with Crippen LogP contribution >= 0.6 is 0 Å². The molecule has 4 rings (SSSR count). The second kappa shape index (κ2) is 8.65. The molecule has 2 nitrogen and oxygen atoms in total. The minimum atomic E-state index is -4.49. The summed E-state index contributed by atoms with van der Waals surface area (Å²) >= 11 is 0. The van der Waals surface area contributed by atoms with Crippen LogP contribution in [-0.4, -0.2) is 4.98 Å². The molecule has 0 amide bonds. The molecule has 0 radical (unpaired) electrons. The van der Waals surface area contributed by atoms with Gasteiger partial charge in [-0.3, -0.25) is 0 Å². The molecule has 0 saturated heterocycles. The Kier molecular flexibility index (Phi) is 6.04. The van der Waals surface area contributed by atoms with Crippen molar-refractivity contribution in [2.75, 3.05) is 5.32 Å². The molecule has 0 aliphatic heterocycles. The van der Waals surface area contributed by atoms with Crippen LogP contribution in [0.3, 0.4) is 0 Å². The number of aryl methyl sites for hydroxylation is 1. The fraction of sp³-hybridized carbons (Fsp3) is 0.296. The fourth-order valence-corrected chi connectivity index (χ4v) is 4.52. The molecule has 33 heavy (non-hydrogen) atoms. The van der Waals surface area contributed by atoms with Crippen LogP contribution in [0.4, 0.5) is 23.4 Å². The molecule has 1 N–H and O–H groups in total. The molecule has 1 heterocycles. The van der Waals surface area contributed by atoms with Crippen molar-refractivity contribution in [2.45, 2.75) is 52.6 Å². The van der Waals surface area contributed by atoms with Crippen molar-refractivity contribution in [2.24, 2.45) is 0 Å². The van der Waals surface area contributed by atoms with Gasteiger partial charge in [0.25, 0.3) is 0 Å². The van der Waals surface area contributed by atoms with Gasteiger partial charge in [-0.1, -0.05) is 31.2 Å². The summed E-state index contributed by atoms with van der Waals surface area (Å²) in [6.45, 7) is 7.85. The van der Waals surface area contributed by atoms with Crippen molar-refractivity contribution in [3.05, 3.63) is 87.7 Å². The summed E-state index contributed by atoms with van der Waals surface area (Å²) in [5, 5.41) is 3.36. The zero-order chi connectivity index (χ0) is 23.9. The van der Waals surface area contributed by atoms with Crippen LogP contribution in [0.5, 0.6) is 0 Å². The van der Waals surface area contributed by atoms with E-state index in [1.165, 1.54) is 24.3 Å². The minimum absolute atomic E-state index is 0.0305. The smallest absolute Gasteiger partial charge is 0.340 e. The fourth-order valence-electron chi connectivity index (χ4n) is 4.52. The number of alkyl halides is 3. The number of rotatable bonds is 4. The van der Waals surface area contributed by atoms with Crippen molar-refractivity contribution in [1.29, 1.82) is 0 Å². The normalized spacial score (nSPS) is 16.1. The molecule has 1 unspecified atom stereocenters. The SMILES string of the molecule is CCC1CC(C)=C(Nc2nc(-c3ccccc3C(F)(F)F)cc(C)c2C)c2cc(F)ccc21. The van der Waals surface area contributed by atoms with Crippen molar-refractivity contribution < 1.29 is 17.6 Å². The second-order valence-electron chi connectivity index (χ2n) is 8.66.